The number of aliphatic hydroxyl groups is 11. The number of hydrogen-bond acceptors (Lipinski definition) is 18. The third kappa shape index (κ3) is 34.9. The van der Waals surface area contributed by atoms with E-state index < -0.39 is 131 Å². The minimum Gasteiger partial charge on any atom is -0.394 e. The standard InChI is InChI=1S/C73H123NO18/c1-3-5-7-9-11-13-15-17-19-21-23-24-25-26-27-28-29-30-31-33-34-36-38-40-42-44-46-48-50-57(78)56(74-61(79)51-49-47-45-43-41-39-37-35-32-22-20-18-16-14-12-10-8-6-4-2)55-87-71-67(85)64(82)69(59(53-76)89-71)92-73-68(86)65(83)70(60(54-77)90-73)91-72-66(84)63(81)62(80)58(52-75)88-72/h6,8,12,14,18,20,32-35,39-42,45,47-48,50,56-60,62-73,75-78,80-86H,3-5,7,9-11,13,15-17,19,21-31,36-38,43-44,46,49,51-55H2,1-2H3,(H,74,79)/b8-6-,14-12-,20-18-,34-33+,35-32-,41-39-,42-40+,47-45-,50-48+. The lowest BCUT2D eigenvalue weighted by molar-refractivity contribution is -0.379. The van der Waals surface area contributed by atoms with Gasteiger partial charge in [-0.15, -0.1) is 0 Å². The normalized spacial score (nSPS) is 28.4. The molecule has 12 N–H and O–H groups in total. The van der Waals surface area contributed by atoms with E-state index in [0.717, 1.165) is 57.8 Å². The summed E-state index contributed by atoms with van der Waals surface area (Å²) in [6, 6.07) is -1.05. The second-order valence-corrected chi connectivity index (χ2v) is 24.6. The van der Waals surface area contributed by atoms with Crippen LogP contribution in [0.1, 0.15) is 213 Å². The van der Waals surface area contributed by atoms with Crippen LogP contribution in [0.5, 0.6) is 0 Å². The Morgan fingerprint density at radius 2 is 0.761 bits per heavy atom. The van der Waals surface area contributed by atoms with E-state index in [0.29, 0.717) is 19.3 Å². The van der Waals surface area contributed by atoms with Crippen LogP contribution < -0.4 is 5.32 Å². The number of ether oxygens (including phenoxy) is 6. The molecular formula is C73H123NO18. The van der Waals surface area contributed by atoms with Crippen LogP contribution in [-0.4, -0.2) is 193 Å². The molecule has 0 aromatic rings. The average Bonchev–Trinajstić information content (AvgIpc) is 0.855. The van der Waals surface area contributed by atoms with Gasteiger partial charge in [-0.3, -0.25) is 4.79 Å². The van der Waals surface area contributed by atoms with E-state index in [2.05, 4.69) is 104 Å². The fourth-order valence-electron chi connectivity index (χ4n) is 11.1. The number of carbonyl (C=O) groups excluding carboxylic acids is 1. The van der Waals surface area contributed by atoms with Gasteiger partial charge >= 0.3 is 0 Å². The molecule has 1 amide bonds. The van der Waals surface area contributed by atoms with Crippen molar-refractivity contribution in [2.24, 2.45) is 0 Å². The van der Waals surface area contributed by atoms with Gasteiger partial charge in [-0.25, -0.2) is 0 Å². The molecule has 528 valence electrons. The van der Waals surface area contributed by atoms with E-state index in [-0.39, 0.29) is 12.3 Å². The molecule has 19 nitrogen and oxygen atoms in total. The van der Waals surface area contributed by atoms with Crippen LogP contribution in [0.2, 0.25) is 0 Å². The van der Waals surface area contributed by atoms with Crippen LogP contribution in [0.25, 0.3) is 0 Å². The zero-order valence-corrected chi connectivity index (χ0v) is 55.7. The number of aliphatic hydroxyl groups excluding tert-OH is 11. The third-order valence-corrected chi connectivity index (χ3v) is 16.8. The van der Waals surface area contributed by atoms with Crippen molar-refractivity contribution < 1.29 is 89.4 Å². The summed E-state index contributed by atoms with van der Waals surface area (Å²) in [7, 11) is 0. The Morgan fingerprint density at radius 1 is 0.402 bits per heavy atom. The maximum Gasteiger partial charge on any atom is 0.220 e. The van der Waals surface area contributed by atoms with Crippen LogP contribution >= 0.6 is 0 Å². The Hall–Kier alpha value is -3.55. The molecule has 17 unspecified atom stereocenters. The first kappa shape index (κ1) is 82.7. The van der Waals surface area contributed by atoms with Gasteiger partial charge in [0.05, 0.1) is 38.6 Å². The van der Waals surface area contributed by atoms with Crippen molar-refractivity contribution in [1.29, 1.82) is 0 Å². The van der Waals surface area contributed by atoms with E-state index in [9.17, 15) is 61.0 Å². The molecule has 3 aliphatic heterocycles. The lowest BCUT2D eigenvalue weighted by atomic mass is 9.96. The van der Waals surface area contributed by atoms with E-state index in [4.69, 9.17) is 28.4 Å². The lowest BCUT2D eigenvalue weighted by Gasteiger charge is -2.48. The molecule has 0 aromatic heterocycles. The van der Waals surface area contributed by atoms with Crippen molar-refractivity contribution in [3.8, 4) is 0 Å². The summed E-state index contributed by atoms with van der Waals surface area (Å²) in [5.74, 6) is -0.375. The monoisotopic (exact) mass is 1300 g/mol. The third-order valence-electron chi connectivity index (χ3n) is 16.8. The van der Waals surface area contributed by atoms with Crippen LogP contribution in [-0.2, 0) is 33.2 Å². The summed E-state index contributed by atoms with van der Waals surface area (Å²) < 4.78 is 34.3. The summed E-state index contributed by atoms with van der Waals surface area (Å²) >= 11 is 0. The number of hydrogen-bond donors (Lipinski definition) is 12. The van der Waals surface area contributed by atoms with Crippen molar-refractivity contribution in [3.63, 3.8) is 0 Å². The smallest absolute Gasteiger partial charge is 0.220 e. The molecule has 0 saturated carbocycles. The van der Waals surface area contributed by atoms with Gasteiger partial charge < -0.3 is 89.9 Å². The summed E-state index contributed by atoms with van der Waals surface area (Å²) in [5, 5.41) is 120. The van der Waals surface area contributed by atoms with Gasteiger partial charge in [-0.2, -0.15) is 0 Å². The van der Waals surface area contributed by atoms with Gasteiger partial charge in [-0.1, -0.05) is 232 Å². The maximum atomic E-state index is 13.3. The van der Waals surface area contributed by atoms with Crippen LogP contribution in [0.4, 0.5) is 0 Å². The number of carbonyl (C=O) groups is 1. The molecule has 3 saturated heterocycles. The largest absolute Gasteiger partial charge is 0.394 e. The van der Waals surface area contributed by atoms with Gasteiger partial charge in [0, 0.05) is 6.42 Å². The summed E-state index contributed by atoms with van der Waals surface area (Å²) in [6.07, 6.45) is 45.2. The highest BCUT2D eigenvalue weighted by molar-refractivity contribution is 5.76. The Bertz CT molecular complexity index is 2090. The van der Waals surface area contributed by atoms with E-state index in [1.165, 1.54) is 116 Å². The molecule has 0 bridgehead atoms. The van der Waals surface area contributed by atoms with E-state index in [1.807, 2.05) is 18.2 Å². The molecule has 0 spiro atoms. The van der Waals surface area contributed by atoms with Crippen molar-refractivity contribution in [2.75, 3.05) is 26.4 Å². The van der Waals surface area contributed by atoms with Crippen molar-refractivity contribution in [3.05, 3.63) is 109 Å². The Kier molecular flexibility index (Phi) is 48.1. The topological polar surface area (TPSA) is 307 Å². The molecular weight excluding hydrogens is 1180 g/mol. The lowest BCUT2D eigenvalue weighted by Crippen LogP contribution is -2.66. The zero-order chi connectivity index (χ0) is 66.8. The summed E-state index contributed by atoms with van der Waals surface area (Å²) in [4.78, 5) is 13.3. The molecule has 0 aromatic carbocycles. The highest BCUT2D eigenvalue weighted by Crippen LogP contribution is 2.33. The quantitative estimate of drug-likeness (QED) is 0.0199. The fourth-order valence-corrected chi connectivity index (χ4v) is 11.1. The van der Waals surface area contributed by atoms with Gasteiger partial charge in [0.1, 0.15) is 73.2 Å². The molecule has 3 rings (SSSR count). The molecule has 3 heterocycles. The highest BCUT2D eigenvalue weighted by Gasteiger charge is 2.53. The number of allylic oxidation sites excluding steroid dienone is 17. The molecule has 3 fully saturated rings. The van der Waals surface area contributed by atoms with Crippen molar-refractivity contribution in [2.45, 2.75) is 317 Å². The van der Waals surface area contributed by atoms with Crippen LogP contribution in [0.15, 0.2) is 109 Å². The Balaban J connectivity index is 1.47. The fraction of sp³-hybridized carbons (Fsp3) is 0.740. The first-order chi connectivity index (χ1) is 44.8. The molecule has 0 aliphatic carbocycles. The second kappa shape index (κ2) is 53.6. The van der Waals surface area contributed by atoms with Crippen LogP contribution in [0, 0.1) is 0 Å². The summed E-state index contributed by atoms with van der Waals surface area (Å²) in [6.45, 7) is 1.53. The molecule has 19 heteroatoms. The van der Waals surface area contributed by atoms with Crippen LogP contribution in [0.3, 0.4) is 0 Å². The number of unbranched alkanes of at least 4 members (excludes halogenated alkanes) is 20. The van der Waals surface area contributed by atoms with Crippen molar-refractivity contribution in [1.82, 2.24) is 5.32 Å². The molecule has 92 heavy (non-hydrogen) atoms. The maximum absolute atomic E-state index is 13.3. The minimum atomic E-state index is -2.00. The van der Waals surface area contributed by atoms with Gasteiger partial charge in [0.25, 0.3) is 0 Å². The predicted octanol–water partition coefficient (Wildman–Crippen LogP) is 9.44. The first-order valence-electron chi connectivity index (χ1n) is 35.1. The predicted molar refractivity (Wildman–Crippen MR) is 360 cm³/mol. The van der Waals surface area contributed by atoms with Crippen molar-refractivity contribution >= 4 is 5.91 Å². The van der Waals surface area contributed by atoms with Gasteiger partial charge in [0.2, 0.25) is 5.91 Å². The number of rotatable bonds is 52. The van der Waals surface area contributed by atoms with E-state index in [1.54, 1.807) is 6.08 Å². The Morgan fingerprint density at radius 3 is 1.21 bits per heavy atom. The average molecular weight is 1300 g/mol. The molecule has 3 aliphatic rings. The van der Waals surface area contributed by atoms with Gasteiger partial charge in [0.15, 0.2) is 18.9 Å². The number of nitrogens with one attached hydrogen (secondary N) is 1. The molecule has 0 radical (unpaired) electrons. The van der Waals surface area contributed by atoms with E-state index >= 15 is 0 Å². The zero-order valence-electron chi connectivity index (χ0n) is 55.7. The Labute approximate surface area is 551 Å². The first-order valence-corrected chi connectivity index (χ1v) is 35.1. The second-order valence-electron chi connectivity index (χ2n) is 24.6. The minimum absolute atomic E-state index is 0.100. The SMILES string of the molecule is CC/C=C\C/C=C\C/C=C\C/C=C\C/C=C\C/C=C\CCC(=O)NC(COC1OC(CO)C(OC2OC(CO)C(OC3OC(CO)C(O)C(O)C3O)C(O)C2O)C(O)C1O)C(O)/C=C/CC/C=C/CC/C=C/CCCCCCCCCCCCCCCCCCCC. The summed E-state index contributed by atoms with van der Waals surface area (Å²) in [5.41, 5.74) is 0. The van der Waals surface area contributed by atoms with Gasteiger partial charge in [-0.05, 0) is 83.5 Å². The highest BCUT2D eigenvalue weighted by atomic mass is 16.8. The number of amides is 1. The molecule has 17 atom stereocenters.